The molecule has 0 bridgehead atoms. The first-order valence-electron chi connectivity index (χ1n) is 7.38. The topological polar surface area (TPSA) is 52.1 Å². The highest BCUT2D eigenvalue weighted by Crippen LogP contribution is 2.36. The van der Waals surface area contributed by atoms with Crippen LogP contribution in [0.2, 0.25) is 18.1 Å². The van der Waals surface area contributed by atoms with Gasteiger partial charge >= 0.3 is 0 Å². The van der Waals surface area contributed by atoms with Crippen molar-refractivity contribution in [2.24, 2.45) is 0 Å². The molecule has 122 valence electrons. The molecule has 22 heavy (non-hydrogen) atoms. The Hall–Kier alpha value is -0.983. The van der Waals surface area contributed by atoms with Crippen LogP contribution >= 0.6 is 11.8 Å². The zero-order chi connectivity index (χ0) is 16.8. The van der Waals surface area contributed by atoms with Crippen LogP contribution in [0.15, 0.2) is 17.4 Å². The lowest BCUT2D eigenvalue weighted by Crippen LogP contribution is -2.40. The number of aromatic nitrogens is 2. The summed E-state index contributed by atoms with van der Waals surface area (Å²) in [6.07, 6.45) is 9.06. The van der Waals surface area contributed by atoms with Crippen molar-refractivity contribution in [1.82, 2.24) is 9.97 Å². The van der Waals surface area contributed by atoms with E-state index in [4.69, 9.17) is 4.43 Å². The van der Waals surface area contributed by atoms with Crippen molar-refractivity contribution in [2.75, 3.05) is 12.9 Å². The molecule has 6 heteroatoms. The second kappa shape index (κ2) is 8.03. The Morgan fingerprint density at radius 1 is 1.36 bits per heavy atom. The standard InChI is InChI=1S/C16H26N2O2SSi/c1-16(2,3)22(5,6)20-10-8-7-9-13-11-17-15(21-4)18-14(13)12-19/h7,9,11-12H,8,10H2,1-6H3/b9-7+. The Morgan fingerprint density at radius 2 is 2.05 bits per heavy atom. The van der Waals surface area contributed by atoms with Crippen LogP contribution in [-0.4, -0.2) is 37.4 Å². The molecule has 0 aliphatic carbocycles. The number of hydrogen-bond acceptors (Lipinski definition) is 5. The van der Waals surface area contributed by atoms with Gasteiger partial charge in [0.25, 0.3) is 0 Å². The summed E-state index contributed by atoms with van der Waals surface area (Å²) >= 11 is 1.42. The van der Waals surface area contributed by atoms with Gasteiger partial charge < -0.3 is 4.43 Å². The summed E-state index contributed by atoms with van der Waals surface area (Å²) in [5.41, 5.74) is 1.18. The molecule has 1 aromatic rings. The summed E-state index contributed by atoms with van der Waals surface area (Å²) in [5, 5.41) is 0.837. The number of aldehydes is 1. The smallest absolute Gasteiger partial charge is 0.191 e. The third-order valence-corrected chi connectivity index (χ3v) is 9.07. The number of rotatable bonds is 7. The van der Waals surface area contributed by atoms with E-state index >= 15 is 0 Å². The Balaban J connectivity index is 2.59. The lowest BCUT2D eigenvalue weighted by Gasteiger charge is -2.36. The van der Waals surface area contributed by atoms with E-state index in [1.54, 1.807) is 6.20 Å². The summed E-state index contributed by atoms with van der Waals surface area (Å²) in [4.78, 5) is 19.5. The third-order valence-electron chi connectivity index (χ3n) is 3.97. The largest absolute Gasteiger partial charge is 0.417 e. The monoisotopic (exact) mass is 338 g/mol. The highest BCUT2D eigenvalue weighted by Gasteiger charge is 2.36. The molecule has 0 aliphatic rings. The predicted molar refractivity (Wildman–Crippen MR) is 96.0 cm³/mol. The van der Waals surface area contributed by atoms with Gasteiger partial charge in [-0.05, 0) is 30.8 Å². The van der Waals surface area contributed by atoms with Gasteiger partial charge in [-0.25, -0.2) is 9.97 Å². The number of carbonyl (C=O) groups is 1. The molecular weight excluding hydrogens is 312 g/mol. The van der Waals surface area contributed by atoms with Crippen LogP contribution < -0.4 is 0 Å². The first-order chi connectivity index (χ1) is 10.2. The van der Waals surface area contributed by atoms with Crippen molar-refractivity contribution in [3.63, 3.8) is 0 Å². The lowest BCUT2D eigenvalue weighted by molar-refractivity contribution is 0.111. The fourth-order valence-electron chi connectivity index (χ4n) is 1.52. The molecule has 0 unspecified atom stereocenters. The maximum absolute atomic E-state index is 11.1. The second-order valence-electron chi connectivity index (χ2n) is 6.61. The van der Waals surface area contributed by atoms with E-state index in [1.165, 1.54) is 11.8 Å². The van der Waals surface area contributed by atoms with Gasteiger partial charge in [0.1, 0.15) is 5.69 Å². The molecule has 1 heterocycles. The van der Waals surface area contributed by atoms with Crippen LogP contribution in [0.4, 0.5) is 0 Å². The van der Waals surface area contributed by atoms with Crippen molar-refractivity contribution in [2.45, 2.75) is 50.5 Å². The van der Waals surface area contributed by atoms with Crippen LogP contribution in [0.3, 0.4) is 0 Å². The molecule has 0 spiro atoms. The molecule has 0 aliphatic heterocycles. The first kappa shape index (κ1) is 19.1. The minimum Gasteiger partial charge on any atom is -0.417 e. The Kier molecular flexibility index (Phi) is 6.96. The summed E-state index contributed by atoms with van der Waals surface area (Å²) in [7, 11) is -1.68. The number of thioether (sulfide) groups is 1. The van der Waals surface area contributed by atoms with Gasteiger partial charge in [-0.2, -0.15) is 0 Å². The zero-order valence-electron chi connectivity index (χ0n) is 14.3. The molecule has 0 radical (unpaired) electrons. The van der Waals surface area contributed by atoms with Crippen LogP contribution in [0, 0.1) is 0 Å². The van der Waals surface area contributed by atoms with Crippen LogP contribution in [0.1, 0.15) is 43.2 Å². The molecule has 4 nitrogen and oxygen atoms in total. The lowest BCUT2D eigenvalue weighted by atomic mass is 10.2. The fraction of sp³-hybridized carbons (Fsp3) is 0.562. The number of hydrogen-bond donors (Lipinski definition) is 0. The first-order valence-corrected chi connectivity index (χ1v) is 11.5. The average molecular weight is 339 g/mol. The van der Waals surface area contributed by atoms with E-state index in [9.17, 15) is 4.79 Å². The van der Waals surface area contributed by atoms with E-state index in [-0.39, 0.29) is 5.04 Å². The molecule has 0 aromatic carbocycles. The Bertz CT molecular complexity index is 539. The zero-order valence-corrected chi connectivity index (χ0v) is 16.2. The SMILES string of the molecule is CSc1ncc(/C=C/CCO[Si](C)(C)C(C)(C)C)c(C=O)n1. The second-order valence-corrected chi connectivity index (χ2v) is 12.2. The highest BCUT2D eigenvalue weighted by molar-refractivity contribution is 7.98. The predicted octanol–water partition coefficient (Wildman–Crippen LogP) is 4.44. The summed E-state index contributed by atoms with van der Waals surface area (Å²) in [5.74, 6) is 0. The van der Waals surface area contributed by atoms with Gasteiger partial charge in [0.05, 0.1) is 0 Å². The van der Waals surface area contributed by atoms with E-state index in [1.807, 2.05) is 18.4 Å². The highest BCUT2D eigenvalue weighted by atomic mass is 32.2. The summed E-state index contributed by atoms with van der Waals surface area (Å²) in [6.45, 7) is 11.9. The Morgan fingerprint density at radius 3 is 2.59 bits per heavy atom. The normalized spacial score (nSPS) is 12.8. The molecule has 1 aromatic heterocycles. The molecule has 0 saturated heterocycles. The Labute approximate surface area is 138 Å². The van der Waals surface area contributed by atoms with E-state index < -0.39 is 8.32 Å². The van der Waals surface area contributed by atoms with E-state index in [0.29, 0.717) is 17.5 Å². The van der Waals surface area contributed by atoms with Gasteiger partial charge in [-0.1, -0.05) is 44.7 Å². The average Bonchev–Trinajstić information content (AvgIpc) is 2.45. The van der Waals surface area contributed by atoms with Crippen LogP contribution in [0.5, 0.6) is 0 Å². The molecule has 0 N–H and O–H groups in total. The van der Waals surface area contributed by atoms with Crippen molar-refractivity contribution in [1.29, 1.82) is 0 Å². The molecule has 0 saturated carbocycles. The van der Waals surface area contributed by atoms with Crippen LogP contribution in [0.25, 0.3) is 6.08 Å². The van der Waals surface area contributed by atoms with Crippen molar-refractivity contribution >= 4 is 32.4 Å². The number of nitrogens with zero attached hydrogens (tertiary/aromatic N) is 2. The van der Waals surface area contributed by atoms with Crippen molar-refractivity contribution in [3.05, 3.63) is 23.5 Å². The summed E-state index contributed by atoms with van der Waals surface area (Å²) in [6, 6.07) is 0. The molecule has 0 atom stereocenters. The van der Waals surface area contributed by atoms with Gasteiger partial charge in [-0.3, -0.25) is 4.79 Å². The van der Waals surface area contributed by atoms with E-state index in [0.717, 1.165) is 18.3 Å². The molecule has 0 fully saturated rings. The minimum atomic E-state index is -1.68. The maximum atomic E-state index is 11.1. The minimum absolute atomic E-state index is 0.225. The summed E-state index contributed by atoms with van der Waals surface area (Å²) < 4.78 is 6.11. The third kappa shape index (κ3) is 5.33. The number of carbonyl (C=O) groups excluding carboxylic acids is 1. The fourth-order valence-corrected chi connectivity index (χ4v) is 2.93. The molecule has 1 rings (SSSR count). The van der Waals surface area contributed by atoms with Gasteiger partial charge in [0.15, 0.2) is 19.8 Å². The molecule has 0 amide bonds. The van der Waals surface area contributed by atoms with Crippen molar-refractivity contribution in [3.8, 4) is 0 Å². The van der Waals surface area contributed by atoms with E-state index in [2.05, 4.69) is 43.8 Å². The van der Waals surface area contributed by atoms with Crippen molar-refractivity contribution < 1.29 is 9.22 Å². The quantitative estimate of drug-likeness (QED) is 0.242. The van der Waals surface area contributed by atoms with Gasteiger partial charge in [0.2, 0.25) is 0 Å². The molecular formula is C16H26N2O2SSi. The van der Waals surface area contributed by atoms with Gasteiger partial charge in [-0.15, -0.1) is 0 Å². The van der Waals surface area contributed by atoms with Crippen LogP contribution in [-0.2, 0) is 4.43 Å². The maximum Gasteiger partial charge on any atom is 0.191 e. The van der Waals surface area contributed by atoms with Gasteiger partial charge in [0, 0.05) is 18.4 Å².